The van der Waals surface area contributed by atoms with Crippen LogP contribution in [0.25, 0.3) is 0 Å². The monoisotopic (exact) mass is 245 g/mol. The van der Waals surface area contributed by atoms with Gasteiger partial charge < -0.3 is 0 Å². The number of hydrogen-bond acceptors (Lipinski definition) is 4. The molecule has 0 aliphatic carbocycles. The molecule has 0 spiro atoms. The summed E-state index contributed by atoms with van der Waals surface area (Å²) < 4.78 is 0. The molecule has 4 nitrogen and oxygen atoms in total. The minimum Gasteiger partial charge on any atom is -0.293 e. The minimum absolute atomic E-state index is 0.0480. The zero-order valence-corrected chi connectivity index (χ0v) is 11.2. The Kier molecular flexibility index (Phi) is 5.58. The van der Waals surface area contributed by atoms with E-state index in [-0.39, 0.29) is 11.9 Å². The largest absolute Gasteiger partial charge is 0.293 e. The molecule has 3 unspecified atom stereocenters. The Morgan fingerprint density at radius 2 is 2.06 bits per heavy atom. The van der Waals surface area contributed by atoms with E-state index in [1.807, 2.05) is 11.8 Å². The smallest absolute Gasteiger partial charge is 0.251 e. The molecule has 16 heavy (non-hydrogen) atoms. The number of nitrogens with one attached hydrogen (secondary N) is 1. The summed E-state index contributed by atoms with van der Waals surface area (Å²) in [5, 5.41) is 1.18. The minimum atomic E-state index is -0.0548. The number of carbonyl (C=O) groups is 1. The first-order valence-electron chi connectivity index (χ1n) is 5.98. The molecule has 0 bridgehead atoms. The summed E-state index contributed by atoms with van der Waals surface area (Å²) in [6.45, 7) is 8.50. The van der Waals surface area contributed by atoms with E-state index in [1.165, 1.54) is 0 Å². The van der Waals surface area contributed by atoms with Gasteiger partial charge in [-0.05, 0) is 6.42 Å². The van der Waals surface area contributed by atoms with Gasteiger partial charge in [-0.15, -0.1) is 0 Å². The normalized spacial score (nSPS) is 28.8. The quantitative estimate of drug-likeness (QED) is 0.440. The number of nitrogens with two attached hydrogens (primary N) is 1. The fourth-order valence-electron chi connectivity index (χ4n) is 2.32. The topological polar surface area (TPSA) is 58.4 Å². The Bertz CT molecular complexity index is 227. The van der Waals surface area contributed by atoms with Crippen LogP contribution in [0.15, 0.2) is 0 Å². The van der Waals surface area contributed by atoms with Crippen LogP contribution in [0.4, 0.5) is 0 Å². The lowest BCUT2D eigenvalue weighted by Gasteiger charge is -2.38. The van der Waals surface area contributed by atoms with Gasteiger partial charge in [-0.25, -0.2) is 5.84 Å². The molecule has 1 rings (SSSR count). The van der Waals surface area contributed by atoms with E-state index < -0.39 is 0 Å². The molecule has 0 aromatic heterocycles. The molecule has 0 aromatic carbocycles. The first-order chi connectivity index (χ1) is 7.58. The fraction of sp³-hybridized carbons (Fsp3) is 0.909. The Labute approximate surface area is 102 Å². The fourth-order valence-corrected chi connectivity index (χ4v) is 3.67. The molecule has 1 amide bonds. The van der Waals surface area contributed by atoms with Crippen molar-refractivity contribution in [3.63, 3.8) is 0 Å². The van der Waals surface area contributed by atoms with E-state index in [4.69, 9.17) is 5.84 Å². The van der Waals surface area contributed by atoms with Crippen molar-refractivity contribution >= 4 is 17.7 Å². The van der Waals surface area contributed by atoms with Crippen LogP contribution in [0.1, 0.15) is 33.6 Å². The molecule has 0 saturated carbocycles. The molecule has 3 atom stereocenters. The van der Waals surface area contributed by atoms with E-state index in [9.17, 15) is 4.79 Å². The van der Waals surface area contributed by atoms with Crippen molar-refractivity contribution in [2.45, 2.75) is 50.2 Å². The summed E-state index contributed by atoms with van der Waals surface area (Å²) >= 11 is 2.00. The van der Waals surface area contributed by atoms with Gasteiger partial charge in [0.25, 0.3) is 5.91 Å². The zero-order valence-electron chi connectivity index (χ0n) is 10.4. The van der Waals surface area contributed by atoms with Crippen molar-refractivity contribution in [3.8, 4) is 0 Å². The number of rotatable bonds is 4. The second-order valence-corrected chi connectivity index (χ2v) is 6.41. The lowest BCUT2D eigenvalue weighted by molar-refractivity contribution is -0.126. The molecule has 1 fully saturated rings. The number of thioether (sulfide) groups is 1. The third-order valence-electron chi connectivity index (χ3n) is 2.90. The van der Waals surface area contributed by atoms with Gasteiger partial charge in [-0.1, -0.05) is 27.2 Å². The van der Waals surface area contributed by atoms with Crippen molar-refractivity contribution in [1.82, 2.24) is 10.3 Å². The molecule has 0 aromatic rings. The van der Waals surface area contributed by atoms with E-state index in [1.54, 1.807) is 0 Å². The van der Waals surface area contributed by atoms with Gasteiger partial charge in [0.15, 0.2) is 0 Å². The highest BCUT2D eigenvalue weighted by Gasteiger charge is 2.30. The average molecular weight is 245 g/mol. The molecule has 5 heteroatoms. The third-order valence-corrected chi connectivity index (χ3v) is 4.12. The lowest BCUT2D eigenvalue weighted by Crippen LogP contribution is -2.54. The van der Waals surface area contributed by atoms with Gasteiger partial charge in [0.1, 0.15) is 0 Å². The van der Waals surface area contributed by atoms with Crippen LogP contribution in [0, 0.1) is 0 Å². The second kappa shape index (κ2) is 6.47. The third kappa shape index (κ3) is 3.64. The van der Waals surface area contributed by atoms with Gasteiger partial charge in [-0.3, -0.25) is 15.1 Å². The Morgan fingerprint density at radius 3 is 2.50 bits per heavy atom. The van der Waals surface area contributed by atoms with E-state index in [0.29, 0.717) is 10.5 Å². The maximum Gasteiger partial charge on any atom is 0.251 e. The lowest BCUT2D eigenvalue weighted by atomic mass is 10.1. The zero-order chi connectivity index (χ0) is 12.1. The molecule has 1 aliphatic heterocycles. The second-order valence-electron chi connectivity index (χ2n) is 4.52. The number of hydrazine groups is 1. The van der Waals surface area contributed by atoms with Gasteiger partial charge in [0.2, 0.25) is 0 Å². The molecular formula is C11H23N3OS. The van der Waals surface area contributed by atoms with Crippen LogP contribution >= 0.6 is 11.8 Å². The SMILES string of the molecule is CCCC(C(=O)NN)N1CC(C)SC(C)C1. The number of nitrogens with zero attached hydrogens (tertiary/aromatic N) is 1. The van der Waals surface area contributed by atoms with Gasteiger partial charge in [0.05, 0.1) is 6.04 Å². The van der Waals surface area contributed by atoms with Crippen LogP contribution in [0.5, 0.6) is 0 Å². The van der Waals surface area contributed by atoms with Gasteiger partial charge in [-0.2, -0.15) is 11.8 Å². The van der Waals surface area contributed by atoms with Crippen LogP contribution in [-0.2, 0) is 4.79 Å². The van der Waals surface area contributed by atoms with Crippen LogP contribution in [-0.4, -0.2) is 40.4 Å². The van der Waals surface area contributed by atoms with Crippen molar-refractivity contribution in [2.24, 2.45) is 5.84 Å². The van der Waals surface area contributed by atoms with Crippen molar-refractivity contribution < 1.29 is 4.79 Å². The molecular weight excluding hydrogens is 222 g/mol. The highest BCUT2D eigenvalue weighted by Crippen LogP contribution is 2.26. The maximum absolute atomic E-state index is 11.7. The summed E-state index contributed by atoms with van der Waals surface area (Å²) in [4.78, 5) is 14.0. The summed E-state index contributed by atoms with van der Waals surface area (Å²) in [6.07, 6.45) is 1.89. The molecule has 1 aliphatic rings. The molecule has 94 valence electrons. The predicted molar refractivity (Wildman–Crippen MR) is 69.1 cm³/mol. The molecule has 3 N–H and O–H groups in total. The number of hydrogen-bond donors (Lipinski definition) is 2. The number of carbonyl (C=O) groups excluding carboxylic acids is 1. The average Bonchev–Trinajstić information content (AvgIpc) is 2.23. The van der Waals surface area contributed by atoms with Gasteiger partial charge in [0, 0.05) is 23.6 Å². The first kappa shape index (κ1) is 13.8. The summed E-state index contributed by atoms with van der Waals surface area (Å²) in [5.74, 6) is 5.20. The summed E-state index contributed by atoms with van der Waals surface area (Å²) in [5.41, 5.74) is 2.29. The standard InChI is InChI=1S/C11H23N3OS/c1-4-5-10(11(15)13-12)14-6-8(2)16-9(3)7-14/h8-10H,4-7,12H2,1-3H3,(H,13,15). The van der Waals surface area contributed by atoms with E-state index in [2.05, 4.69) is 31.1 Å². The van der Waals surface area contributed by atoms with E-state index in [0.717, 1.165) is 25.9 Å². The van der Waals surface area contributed by atoms with Gasteiger partial charge >= 0.3 is 0 Å². The van der Waals surface area contributed by atoms with Crippen molar-refractivity contribution in [3.05, 3.63) is 0 Å². The first-order valence-corrected chi connectivity index (χ1v) is 6.92. The Morgan fingerprint density at radius 1 is 1.50 bits per heavy atom. The Balaban J connectivity index is 2.65. The predicted octanol–water partition coefficient (Wildman–Crippen LogP) is 0.971. The Hall–Kier alpha value is -0.260. The van der Waals surface area contributed by atoms with Crippen molar-refractivity contribution in [2.75, 3.05) is 13.1 Å². The summed E-state index contributed by atoms with van der Waals surface area (Å²) in [7, 11) is 0. The van der Waals surface area contributed by atoms with E-state index >= 15 is 0 Å². The van der Waals surface area contributed by atoms with Crippen LogP contribution < -0.4 is 11.3 Å². The van der Waals surface area contributed by atoms with Crippen LogP contribution in [0.3, 0.4) is 0 Å². The van der Waals surface area contributed by atoms with Crippen LogP contribution in [0.2, 0.25) is 0 Å². The summed E-state index contributed by atoms with van der Waals surface area (Å²) in [6, 6.07) is -0.0548. The van der Waals surface area contributed by atoms with Crippen molar-refractivity contribution in [1.29, 1.82) is 0 Å². The molecule has 1 saturated heterocycles. The molecule has 1 heterocycles. The molecule has 0 radical (unpaired) electrons. The highest BCUT2D eigenvalue weighted by molar-refractivity contribution is 8.00. The maximum atomic E-state index is 11.7. The number of amides is 1. The highest BCUT2D eigenvalue weighted by atomic mass is 32.2.